The Morgan fingerprint density at radius 3 is 2.82 bits per heavy atom. The van der Waals surface area contributed by atoms with Gasteiger partial charge in [0.15, 0.2) is 11.5 Å². The molecule has 1 atom stereocenters. The first-order valence-electron chi connectivity index (χ1n) is 9.48. The summed E-state index contributed by atoms with van der Waals surface area (Å²) in [7, 11) is 5.98. The molecular formula is C22H25ClNO4+. The van der Waals surface area contributed by atoms with E-state index in [1.165, 1.54) is 5.56 Å². The van der Waals surface area contributed by atoms with Crippen LogP contribution >= 0.6 is 11.6 Å². The van der Waals surface area contributed by atoms with Crippen LogP contribution in [0.2, 0.25) is 5.02 Å². The first-order chi connectivity index (χ1) is 13.4. The van der Waals surface area contributed by atoms with E-state index in [1.807, 2.05) is 30.3 Å². The second kappa shape index (κ2) is 7.30. The van der Waals surface area contributed by atoms with Gasteiger partial charge < -0.3 is 18.7 Å². The summed E-state index contributed by atoms with van der Waals surface area (Å²) in [5.41, 5.74) is 3.11. The molecule has 2 aromatic carbocycles. The number of likely N-dealkylation sites (N-methyl/N-ethyl adjacent to an activating group) is 1. The van der Waals surface area contributed by atoms with Crippen LogP contribution in [0.5, 0.6) is 17.2 Å². The molecule has 2 aliphatic rings. The normalized spacial score (nSPS) is 19.2. The van der Waals surface area contributed by atoms with Crippen molar-refractivity contribution in [2.45, 2.75) is 25.3 Å². The lowest BCUT2D eigenvalue weighted by atomic mass is 9.86. The Balaban J connectivity index is 1.69. The van der Waals surface area contributed by atoms with Gasteiger partial charge in [-0.25, -0.2) is 0 Å². The first-order valence-corrected chi connectivity index (χ1v) is 9.85. The van der Waals surface area contributed by atoms with Crippen molar-refractivity contribution in [3.63, 3.8) is 0 Å². The number of carbonyl (C=O) groups excluding carboxylic acids is 1. The molecule has 0 aliphatic carbocycles. The van der Waals surface area contributed by atoms with Crippen molar-refractivity contribution in [3.05, 3.63) is 52.0 Å². The highest BCUT2D eigenvalue weighted by Crippen LogP contribution is 2.51. The lowest BCUT2D eigenvalue weighted by Gasteiger charge is -2.43. The molecule has 0 spiro atoms. The molecule has 0 N–H and O–H groups in total. The summed E-state index contributed by atoms with van der Waals surface area (Å²) in [4.78, 5) is 13.0. The number of ketones is 1. The number of carbonyl (C=O) groups is 1. The number of nitrogens with zero attached hydrogens (tertiary/aromatic N) is 1. The summed E-state index contributed by atoms with van der Waals surface area (Å²) < 4.78 is 17.7. The van der Waals surface area contributed by atoms with E-state index >= 15 is 0 Å². The zero-order valence-electron chi connectivity index (χ0n) is 16.5. The molecule has 0 amide bonds. The highest BCUT2D eigenvalue weighted by Gasteiger charge is 2.42. The van der Waals surface area contributed by atoms with Crippen molar-refractivity contribution in [1.29, 1.82) is 0 Å². The van der Waals surface area contributed by atoms with Crippen LogP contribution in [-0.4, -0.2) is 44.8 Å². The van der Waals surface area contributed by atoms with Gasteiger partial charge in [-0.2, -0.15) is 0 Å². The van der Waals surface area contributed by atoms with E-state index in [2.05, 4.69) is 14.1 Å². The predicted molar refractivity (Wildman–Crippen MR) is 107 cm³/mol. The highest BCUT2D eigenvalue weighted by molar-refractivity contribution is 6.31. The Labute approximate surface area is 170 Å². The number of benzene rings is 2. The second-order valence-corrected chi connectivity index (χ2v) is 8.40. The molecule has 28 heavy (non-hydrogen) atoms. The fourth-order valence-corrected chi connectivity index (χ4v) is 4.46. The van der Waals surface area contributed by atoms with Gasteiger partial charge in [0.2, 0.25) is 12.5 Å². The number of ether oxygens (including phenoxy) is 3. The van der Waals surface area contributed by atoms with Crippen molar-refractivity contribution in [2.75, 3.05) is 34.5 Å². The number of hydrogen-bond acceptors (Lipinski definition) is 4. The smallest absolute Gasteiger partial charge is 0.231 e. The van der Waals surface area contributed by atoms with Gasteiger partial charge in [-0.15, -0.1) is 0 Å². The second-order valence-electron chi connectivity index (χ2n) is 8.00. The van der Waals surface area contributed by atoms with Crippen molar-refractivity contribution in [2.24, 2.45) is 0 Å². The maximum Gasteiger partial charge on any atom is 0.231 e. The molecule has 1 unspecified atom stereocenters. The van der Waals surface area contributed by atoms with Crippen molar-refractivity contribution in [1.82, 2.24) is 0 Å². The van der Waals surface area contributed by atoms with Gasteiger partial charge in [-0.05, 0) is 23.3 Å². The topological polar surface area (TPSA) is 44.8 Å². The summed E-state index contributed by atoms with van der Waals surface area (Å²) in [6.45, 7) is 1.14. The van der Waals surface area contributed by atoms with Gasteiger partial charge in [0.1, 0.15) is 11.8 Å². The van der Waals surface area contributed by atoms with Crippen LogP contribution in [0.25, 0.3) is 0 Å². The number of rotatable bonds is 5. The summed E-state index contributed by atoms with van der Waals surface area (Å²) in [6.07, 6.45) is 1.66. The third-order valence-corrected chi connectivity index (χ3v) is 6.22. The molecule has 0 fully saturated rings. The third kappa shape index (κ3) is 3.33. The fourth-order valence-electron chi connectivity index (χ4n) is 4.26. The van der Waals surface area contributed by atoms with Crippen LogP contribution in [0.15, 0.2) is 30.3 Å². The molecule has 2 heterocycles. The minimum absolute atomic E-state index is 0.0109. The summed E-state index contributed by atoms with van der Waals surface area (Å²) in [6, 6.07) is 9.56. The van der Waals surface area contributed by atoms with E-state index in [0.29, 0.717) is 29.4 Å². The van der Waals surface area contributed by atoms with Gasteiger partial charge in [0.25, 0.3) is 0 Å². The third-order valence-electron chi connectivity index (χ3n) is 5.85. The lowest BCUT2D eigenvalue weighted by Crippen LogP contribution is -2.48. The molecule has 2 aliphatic heterocycles. The average molecular weight is 403 g/mol. The predicted octanol–water partition coefficient (Wildman–Crippen LogP) is 3.95. The maximum atomic E-state index is 13.0. The quantitative estimate of drug-likeness (QED) is 0.710. The van der Waals surface area contributed by atoms with Gasteiger partial charge in [0, 0.05) is 17.9 Å². The minimum atomic E-state index is -0.0109. The minimum Gasteiger partial charge on any atom is -0.492 e. The molecule has 0 saturated carbocycles. The Hall–Kier alpha value is -2.24. The standard InChI is InChI=1S/C22H25ClNO4/c1-24(2)9-8-15-11-19-21(28-13-27-19)22(26-3)20(15)18(24)12-16(25)10-14-6-4-5-7-17(14)23/h4-7,11,18H,8-10,12-13H2,1-3H3/q+1. The Bertz CT molecular complexity index is 925. The molecular weight excluding hydrogens is 378 g/mol. The van der Waals surface area contributed by atoms with Crippen LogP contribution in [0, 0.1) is 0 Å². The zero-order chi connectivity index (χ0) is 19.9. The molecule has 4 rings (SSSR count). The Kier molecular flexibility index (Phi) is 4.98. The molecule has 0 aromatic heterocycles. The van der Waals surface area contributed by atoms with Gasteiger partial charge in [-0.3, -0.25) is 4.79 Å². The van der Waals surface area contributed by atoms with E-state index in [1.54, 1.807) is 7.11 Å². The molecule has 0 radical (unpaired) electrons. The van der Waals surface area contributed by atoms with Gasteiger partial charge >= 0.3 is 0 Å². The molecule has 6 heteroatoms. The van der Waals surface area contributed by atoms with Crippen LogP contribution < -0.4 is 14.2 Å². The van der Waals surface area contributed by atoms with E-state index in [0.717, 1.165) is 34.3 Å². The fraction of sp³-hybridized carbons (Fsp3) is 0.409. The lowest BCUT2D eigenvalue weighted by molar-refractivity contribution is -0.922. The van der Waals surface area contributed by atoms with E-state index < -0.39 is 0 Å². The number of hydrogen-bond donors (Lipinski definition) is 0. The Morgan fingerprint density at radius 2 is 2.07 bits per heavy atom. The maximum absolute atomic E-state index is 13.0. The van der Waals surface area contributed by atoms with Crippen molar-refractivity contribution in [3.8, 4) is 17.2 Å². The number of halogens is 1. The monoisotopic (exact) mass is 402 g/mol. The summed E-state index contributed by atoms with van der Waals surface area (Å²) >= 11 is 6.25. The van der Waals surface area contributed by atoms with Gasteiger partial charge in [0.05, 0.1) is 39.7 Å². The molecule has 148 valence electrons. The SMILES string of the molecule is COc1c2c(cc3c1C(CC(=O)Cc1ccccc1Cl)[N+](C)(C)CC3)OCO2. The average Bonchev–Trinajstić information content (AvgIpc) is 3.12. The largest absolute Gasteiger partial charge is 0.492 e. The van der Waals surface area contributed by atoms with Crippen molar-refractivity contribution < 1.29 is 23.5 Å². The molecule has 0 saturated heterocycles. The number of quaternary nitrogens is 1. The first kappa shape index (κ1) is 19.1. The summed E-state index contributed by atoms with van der Waals surface area (Å²) in [5, 5.41) is 0.634. The molecule has 0 bridgehead atoms. The van der Waals surface area contributed by atoms with Crippen LogP contribution in [-0.2, 0) is 17.6 Å². The molecule has 2 aromatic rings. The number of fused-ring (bicyclic) bond motifs is 2. The van der Waals surface area contributed by atoms with E-state index in [4.69, 9.17) is 25.8 Å². The Morgan fingerprint density at radius 1 is 1.29 bits per heavy atom. The number of methoxy groups -OCH3 is 1. The van der Waals surface area contributed by atoms with Crippen LogP contribution in [0.4, 0.5) is 0 Å². The summed E-state index contributed by atoms with van der Waals surface area (Å²) in [5.74, 6) is 2.24. The van der Waals surface area contributed by atoms with Crippen molar-refractivity contribution >= 4 is 17.4 Å². The number of Topliss-reactive ketones (excluding diaryl/α,β-unsaturated/α-hetero) is 1. The zero-order valence-corrected chi connectivity index (χ0v) is 17.2. The van der Waals surface area contributed by atoms with Crippen LogP contribution in [0.1, 0.15) is 29.2 Å². The van der Waals surface area contributed by atoms with Gasteiger partial charge in [-0.1, -0.05) is 29.8 Å². The highest BCUT2D eigenvalue weighted by atomic mass is 35.5. The van der Waals surface area contributed by atoms with E-state index in [9.17, 15) is 4.79 Å². The van der Waals surface area contributed by atoms with Crippen LogP contribution in [0.3, 0.4) is 0 Å². The molecule has 5 nitrogen and oxygen atoms in total. The van der Waals surface area contributed by atoms with E-state index in [-0.39, 0.29) is 18.6 Å².